The number of carbonyl (C=O) groups is 1. The van der Waals surface area contributed by atoms with Crippen LogP contribution in [0.5, 0.6) is 0 Å². The normalized spacial score (nSPS) is 15.5. The maximum absolute atomic E-state index is 13.1. The molecule has 1 fully saturated rings. The first kappa shape index (κ1) is 23.5. The molecule has 1 amide bonds. The van der Waals surface area contributed by atoms with E-state index in [-0.39, 0.29) is 11.2 Å². The molecule has 1 N–H and O–H groups in total. The summed E-state index contributed by atoms with van der Waals surface area (Å²) < 4.78 is 2.10. The lowest BCUT2D eigenvalue weighted by molar-refractivity contribution is -0.115. The van der Waals surface area contributed by atoms with Gasteiger partial charge in [-0.1, -0.05) is 68.4 Å². The zero-order chi connectivity index (χ0) is 23.2. The molecule has 1 unspecified atom stereocenters. The van der Waals surface area contributed by atoms with Crippen molar-refractivity contribution < 1.29 is 4.79 Å². The molecule has 1 saturated heterocycles. The van der Waals surface area contributed by atoms with Gasteiger partial charge in [0.2, 0.25) is 5.91 Å². The van der Waals surface area contributed by atoms with Crippen LogP contribution >= 0.6 is 11.8 Å². The quantitative estimate of drug-likeness (QED) is 0.447. The van der Waals surface area contributed by atoms with Gasteiger partial charge in [-0.3, -0.25) is 14.3 Å². The number of hydrogen-bond donors (Lipinski definition) is 1. The lowest BCUT2D eigenvalue weighted by Crippen LogP contribution is -2.30. The largest absolute Gasteiger partial charge is 0.325 e. The summed E-state index contributed by atoms with van der Waals surface area (Å²) in [5, 5.41) is 12.6. The van der Waals surface area contributed by atoms with Gasteiger partial charge in [0.15, 0.2) is 11.0 Å². The maximum Gasteiger partial charge on any atom is 0.237 e. The van der Waals surface area contributed by atoms with Crippen molar-refractivity contribution in [3.8, 4) is 5.69 Å². The Morgan fingerprint density at radius 2 is 1.67 bits per heavy atom. The van der Waals surface area contributed by atoms with Crippen molar-refractivity contribution in [2.24, 2.45) is 0 Å². The molecule has 7 heteroatoms. The molecule has 33 heavy (non-hydrogen) atoms. The summed E-state index contributed by atoms with van der Waals surface area (Å²) in [6, 6.07) is 18.2. The number of amides is 1. The van der Waals surface area contributed by atoms with Crippen molar-refractivity contribution in [1.29, 1.82) is 0 Å². The van der Waals surface area contributed by atoms with Crippen LogP contribution in [-0.2, 0) is 11.3 Å². The number of benzene rings is 2. The Labute approximate surface area is 200 Å². The van der Waals surface area contributed by atoms with Crippen LogP contribution < -0.4 is 5.32 Å². The first-order valence-electron chi connectivity index (χ1n) is 11.8. The van der Waals surface area contributed by atoms with Crippen molar-refractivity contribution >= 4 is 23.4 Å². The van der Waals surface area contributed by atoms with Gasteiger partial charge in [-0.15, -0.1) is 10.2 Å². The fraction of sp³-hybridized carbons (Fsp3) is 0.423. The second-order valence-electron chi connectivity index (χ2n) is 8.90. The van der Waals surface area contributed by atoms with Crippen LogP contribution in [0.15, 0.2) is 59.8 Å². The van der Waals surface area contributed by atoms with Crippen molar-refractivity contribution in [2.45, 2.75) is 62.9 Å². The number of rotatable bonds is 8. The highest BCUT2D eigenvalue weighted by Crippen LogP contribution is 2.29. The molecule has 2 aromatic carbocycles. The van der Waals surface area contributed by atoms with Crippen LogP contribution in [0.2, 0.25) is 0 Å². The lowest BCUT2D eigenvalue weighted by Gasteiger charge is -2.26. The maximum atomic E-state index is 13.1. The monoisotopic (exact) mass is 463 g/mol. The molecule has 0 aliphatic carbocycles. The van der Waals surface area contributed by atoms with E-state index in [0.717, 1.165) is 47.6 Å². The van der Waals surface area contributed by atoms with Gasteiger partial charge in [-0.25, -0.2) is 0 Å². The van der Waals surface area contributed by atoms with Gasteiger partial charge < -0.3 is 5.32 Å². The molecule has 174 valence electrons. The third-order valence-electron chi connectivity index (χ3n) is 6.02. The first-order valence-corrected chi connectivity index (χ1v) is 12.7. The minimum absolute atomic E-state index is 0.0340. The third-order valence-corrected chi connectivity index (χ3v) is 7.06. The van der Waals surface area contributed by atoms with Crippen molar-refractivity contribution in [3.05, 3.63) is 66.0 Å². The van der Waals surface area contributed by atoms with Gasteiger partial charge in [-0.05, 0) is 62.5 Å². The molecular weight excluding hydrogens is 430 g/mol. The van der Waals surface area contributed by atoms with E-state index in [1.165, 1.54) is 31.0 Å². The number of anilines is 1. The molecule has 0 spiro atoms. The number of likely N-dealkylation sites (tertiary alicyclic amines) is 1. The fourth-order valence-corrected chi connectivity index (χ4v) is 5.08. The van der Waals surface area contributed by atoms with Gasteiger partial charge in [0.25, 0.3) is 0 Å². The van der Waals surface area contributed by atoms with Crippen LogP contribution in [0, 0.1) is 0 Å². The number of hydrogen-bond acceptors (Lipinski definition) is 5. The molecule has 0 saturated carbocycles. The summed E-state index contributed by atoms with van der Waals surface area (Å²) in [5.74, 6) is 1.22. The highest BCUT2D eigenvalue weighted by atomic mass is 32.2. The van der Waals surface area contributed by atoms with E-state index in [1.807, 2.05) is 43.3 Å². The predicted molar refractivity (Wildman–Crippen MR) is 135 cm³/mol. The third kappa shape index (κ3) is 5.84. The van der Waals surface area contributed by atoms with Crippen LogP contribution in [0.1, 0.15) is 57.3 Å². The summed E-state index contributed by atoms with van der Waals surface area (Å²) in [6.45, 7) is 9.15. The summed E-state index contributed by atoms with van der Waals surface area (Å²) in [4.78, 5) is 15.5. The Hall–Kier alpha value is -2.64. The Morgan fingerprint density at radius 3 is 2.39 bits per heavy atom. The van der Waals surface area contributed by atoms with E-state index in [0.29, 0.717) is 5.92 Å². The Morgan fingerprint density at radius 1 is 0.970 bits per heavy atom. The van der Waals surface area contributed by atoms with E-state index in [2.05, 4.69) is 57.0 Å². The minimum Gasteiger partial charge on any atom is -0.325 e. The average molecular weight is 464 g/mol. The van der Waals surface area contributed by atoms with Gasteiger partial charge in [0.05, 0.1) is 11.8 Å². The molecule has 3 aromatic rings. The zero-order valence-electron chi connectivity index (χ0n) is 19.7. The lowest BCUT2D eigenvalue weighted by atomic mass is 10.0. The van der Waals surface area contributed by atoms with Gasteiger partial charge in [-0.2, -0.15) is 0 Å². The topological polar surface area (TPSA) is 63.1 Å². The molecular formula is C26H33N5OS. The summed E-state index contributed by atoms with van der Waals surface area (Å²) in [7, 11) is 0. The molecule has 6 nitrogen and oxygen atoms in total. The van der Waals surface area contributed by atoms with E-state index >= 15 is 0 Å². The first-order chi connectivity index (χ1) is 16.0. The fourth-order valence-electron chi connectivity index (χ4n) is 4.19. The van der Waals surface area contributed by atoms with Crippen LogP contribution in [0.25, 0.3) is 5.69 Å². The molecule has 0 radical (unpaired) electrons. The second kappa shape index (κ2) is 11.0. The van der Waals surface area contributed by atoms with Crippen molar-refractivity contribution in [1.82, 2.24) is 19.7 Å². The second-order valence-corrected chi connectivity index (χ2v) is 10.2. The number of piperidine rings is 1. The molecule has 0 bridgehead atoms. The summed E-state index contributed by atoms with van der Waals surface area (Å²) in [6.07, 6.45) is 3.77. The number of para-hydroxylation sites is 2. The van der Waals surface area contributed by atoms with E-state index in [1.54, 1.807) is 0 Å². The average Bonchev–Trinajstić information content (AvgIpc) is 3.22. The number of thioether (sulfide) groups is 1. The molecule has 2 heterocycles. The zero-order valence-corrected chi connectivity index (χ0v) is 20.5. The van der Waals surface area contributed by atoms with E-state index in [4.69, 9.17) is 0 Å². The Balaban J connectivity index is 1.54. The molecule has 1 aliphatic heterocycles. The standard InChI is InChI=1S/C26H33N5OS/c1-19(2)22-14-8-9-15-23(22)27-25(32)20(3)33-26-29-28-24(18-30-16-10-5-11-17-30)31(26)21-12-6-4-7-13-21/h4,6-9,12-15,19-20H,5,10-11,16-18H2,1-3H3,(H,27,32). The number of nitrogens with one attached hydrogen (secondary N) is 1. The molecule has 1 atom stereocenters. The van der Waals surface area contributed by atoms with Gasteiger partial charge in [0, 0.05) is 11.4 Å². The Kier molecular flexibility index (Phi) is 7.83. The van der Waals surface area contributed by atoms with Crippen molar-refractivity contribution in [2.75, 3.05) is 18.4 Å². The van der Waals surface area contributed by atoms with Gasteiger partial charge >= 0.3 is 0 Å². The number of carbonyl (C=O) groups excluding carboxylic acids is 1. The van der Waals surface area contributed by atoms with Crippen LogP contribution in [0.3, 0.4) is 0 Å². The van der Waals surface area contributed by atoms with Crippen molar-refractivity contribution in [3.63, 3.8) is 0 Å². The summed E-state index contributed by atoms with van der Waals surface area (Å²) in [5.41, 5.74) is 3.04. The molecule has 4 rings (SSSR count). The SMILES string of the molecule is CC(Sc1nnc(CN2CCCCC2)n1-c1ccccc1)C(=O)Nc1ccccc1C(C)C. The van der Waals surface area contributed by atoms with Gasteiger partial charge in [0.1, 0.15) is 0 Å². The highest BCUT2D eigenvalue weighted by molar-refractivity contribution is 8.00. The number of aromatic nitrogens is 3. The minimum atomic E-state index is -0.320. The smallest absolute Gasteiger partial charge is 0.237 e. The predicted octanol–water partition coefficient (Wildman–Crippen LogP) is 5.50. The Bertz CT molecular complexity index is 1060. The van der Waals surface area contributed by atoms with Crippen LogP contribution in [-0.4, -0.2) is 43.9 Å². The van der Waals surface area contributed by atoms with E-state index in [9.17, 15) is 4.79 Å². The molecule has 1 aliphatic rings. The summed E-state index contributed by atoms with van der Waals surface area (Å²) >= 11 is 1.45. The van der Waals surface area contributed by atoms with E-state index < -0.39 is 0 Å². The van der Waals surface area contributed by atoms with Crippen LogP contribution in [0.4, 0.5) is 5.69 Å². The highest BCUT2D eigenvalue weighted by Gasteiger charge is 2.23. The number of nitrogens with zero attached hydrogens (tertiary/aromatic N) is 4. The molecule has 1 aromatic heterocycles.